The zero-order valence-corrected chi connectivity index (χ0v) is 7.30. The summed E-state index contributed by atoms with van der Waals surface area (Å²) in [6, 6.07) is 1.75. The van der Waals surface area contributed by atoms with E-state index in [-0.39, 0.29) is 17.0 Å². The Morgan fingerprint density at radius 3 is 2.08 bits per heavy atom. The van der Waals surface area contributed by atoms with E-state index in [1.165, 1.54) is 0 Å². The summed E-state index contributed by atoms with van der Waals surface area (Å²) in [7, 11) is 0. The summed E-state index contributed by atoms with van der Waals surface area (Å²) in [5.74, 6) is -3.94. The van der Waals surface area contributed by atoms with Gasteiger partial charge in [0, 0.05) is 6.42 Å². The SMILES string of the molecule is NC(=S)Cc1cc(F)c(F)c(F)c1. The average molecular weight is 205 g/mol. The second-order valence-electron chi connectivity index (χ2n) is 2.52. The van der Waals surface area contributed by atoms with E-state index in [4.69, 9.17) is 5.73 Å². The second kappa shape index (κ2) is 3.74. The number of halogens is 3. The molecule has 0 aromatic heterocycles. The molecule has 0 aliphatic carbocycles. The van der Waals surface area contributed by atoms with Gasteiger partial charge >= 0.3 is 0 Å². The molecule has 0 atom stereocenters. The molecule has 0 bridgehead atoms. The van der Waals surface area contributed by atoms with Crippen molar-refractivity contribution in [2.75, 3.05) is 0 Å². The van der Waals surface area contributed by atoms with Crippen molar-refractivity contribution in [2.24, 2.45) is 5.73 Å². The molecular formula is C8H6F3NS. The first-order valence-corrected chi connectivity index (χ1v) is 3.83. The van der Waals surface area contributed by atoms with Crippen LogP contribution in [-0.2, 0) is 6.42 Å². The number of thiocarbonyl (C=S) groups is 1. The van der Waals surface area contributed by atoms with E-state index in [1.807, 2.05) is 0 Å². The molecular weight excluding hydrogens is 199 g/mol. The van der Waals surface area contributed by atoms with Crippen molar-refractivity contribution < 1.29 is 13.2 Å². The Kier molecular flexibility index (Phi) is 2.87. The normalized spacial score (nSPS) is 10.1. The predicted octanol–water partition coefficient (Wildman–Crippen LogP) is 1.93. The van der Waals surface area contributed by atoms with Crippen LogP contribution in [0.4, 0.5) is 13.2 Å². The van der Waals surface area contributed by atoms with Gasteiger partial charge in [-0.25, -0.2) is 13.2 Å². The number of hydrogen-bond acceptors (Lipinski definition) is 1. The van der Waals surface area contributed by atoms with Crippen LogP contribution in [0.15, 0.2) is 12.1 Å². The Morgan fingerprint density at radius 2 is 1.69 bits per heavy atom. The molecule has 2 N–H and O–H groups in total. The number of nitrogens with two attached hydrogens (primary N) is 1. The van der Waals surface area contributed by atoms with Crippen LogP contribution in [0.25, 0.3) is 0 Å². The van der Waals surface area contributed by atoms with Gasteiger partial charge in [-0.1, -0.05) is 12.2 Å². The van der Waals surface area contributed by atoms with Crippen LogP contribution in [0.2, 0.25) is 0 Å². The molecule has 0 heterocycles. The van der Waals surface area contributed by atoms with Crippen molar-refractivity contribution in [3.63, 3.8) is 0 Å². The van der Waals surface area contributed by atoms with Crippen molar-refractivity contribution in [3.8, 4) is 0 Å². The molecule has 1 aromatic rings. The third-order valence-corrected chi connectivity index (χ3v) is 1.57. The lowest BCUT2D eigenvalue weighted by molar-refractivity contribution is 0.446. The van der Waals surface area contributed by atoms with Crippen LogP contribution >= 0.6 is 12.2 Å². The summed E-state index contributed by atoms with van der Waals surface area (Å²) in [4.78, 5) is 0.102. The van der Waals surface area contributed by atoms with Gasteiger partial charge in [-0.05, 0) is 17.7 Å². The molecule has 0 radical (unpaired) electrons. The van der Waals surface area contributed by atoms with E-state index in [9.17, 15) is 13.2 Å². The molecule has 0 aliphatic rings. The first-order chi connectivity index (χ1) is 6.00. The highest BCUT2D eigenvalue weighted by atomic mass is 32.1. The van der Waals surface area contributed by atoms with Crippen LogP contribution in [-0.4, -0.2) is 4.99 Å². The maximum absolute atomic E-state index is 12.6. The van der Waals surface area contributed by atoms with Gasteiger partial charge in [-0.2, -0.15) is 0 Å². The molecule has 1 nitrogen and oxygen atoms in total. The van der Waals surface area contributed by atoms with Gasteiger partial charge in [-0.15, -0.1) is 0 Å². The van der Waals surface area contributed by atoms with E-state index >= 15 is 0 Å². The van der Waals surface area contributed by atoms with Gasteiger partial charge in [0.2, 0.25) is 0 Å². The third kappa shape index (κ3) is 2.42. The summed E-state index contributed by atoms with van der Waals surface area (Å²) < 4.78 is 37.6. The van der Waals surface area contributed by atoms with Crippen LogP contribution < -0.4 is 5.73 Å². The topological polar surface area (TPSA) is 26.0 Å². The summed E-state index contributed by atoms with van der Waals surface area (Å²) in [5.41, 5.74) is 5.38. The monoisotopic (exact) mass is 205 g/mol. The highest BCUT2D eigenvalue weighted by molar-refractivity contribution is 7.80. The second-order valence-corrected chi connectivity index (χ2v) is 3.04. The standard InChI is InChI=1S/C8H6F3NS/c9-5-1-4(3-7(12)13)2-6(10)8(5)11/h1-2H,3H2,(H2,12,13). The van der Waals surface area contributed by atoms with Crippen LogP contribution in [0.1, 0.15) is 5.56 Å². The fourth-order valence-electron chi connectivity index (χ4n) is 0.911. The fraction of sp³-hybridized carbons (Fsp3) is 0.125. The fourth-order valence-corrected chi connectivity index (χ4v) is 1.08. The Morgan fingerprint density at radius 1 is 1.23 bits per heavy atom. The molecule has 0 fully saturated rings. The quantitative estimate of drug-likeness (QED) is 0.589. The lowest BCUT2D eigenvalue weighted by atomic mass is 10.1. The highest BCUT2D eigenvalue weighted by Crippen LogP contribution is 2.13. The average Bonchev–Trinajstić information content (AvgIpc) is 1.98. The number of rotatable bonds is 2. The predicted molar refractivity (Wildman–Crippen MR) is 46.8 cm³/mol. The van der Waals surface area contributed by atoms with Gasteiger partial charge < -0.3 is 5.73 Å². The molecule has 1 rings (SSSR count). The summed E-state index contributed by atoms with van der Waals surface area (Å²) in [6.07, 6.45) is 0.0590. The molecule has 0 spiro atoms. The van der Waals surface area contributed by atoms with Crippen LogP contribution in [0, 0.1) is 17.5 Å². The molecule has 0 aliphatic heterocycles. The minimum Gasteiger partial charge on any atom is -0.393 e. The zero-order valence-electron chi connectivity index (χ0n) is 6.48. The summed E-state index contributed by atoms with van der Waals surface area (Å²) in [6.45, 7) is 0. The summed E-state index contributed by atoms with van der Waals surface area (Å²) in [5, 5.41) is 0. The molecule has 70 valence electrons. The molecule has 5 heteroatoms. The van der Waals surface area contributed by atoms with E-state index in [2.05, 4.69) is 12.2 Å². The molecule has 0 saturated carbocycles. The Hall–Kier alpha value is -1.10. The maximum Gasteiger partial charge on any atom is 0.194 e. The van der Waals surface area contributed by atoms with Crippen molar-refractivity contribution in [3.05, 3.63) is 35.1 Å². The van der Waals surface area contributed by atoms with Gasteiger partial charge in [0.15, 0.2) is 17.5 Å². The zero-order chi connectivity index (χ0) is 10.0. The molecule has 0 amide bonds. The molecule has 0 saturated heterocycles. The minimum atomic E-state index is -1.48. The largest absolute Gasteiger partial charge is 0.393 e. The van der Waals surface area contributed by atoms with Crippen molar-refractivity contribution in [1.29, 1.82) is 0 Å². The van der Waals surface area contributed by atoms with Crippen molar-refractivity contribution in [1.82, 2.24) is 0 Å². The first kappa shape index (κ1) is 9.98. The Labute approximate surface area is 78.4 Å². The van der Waals surface area contributed by atoms with Gasteiger partial charge in [0.25, 0.3) is 0 Å². The Balaban J connectivity index is 3.06. The molecule has 1 aromatic carbocycles. The van der Waals surface area contributed by atoms with Crippen molar-refractivity contribution in [2.45, 2.75) is 6.42 Å². The smallest absolute Gasteiger partial charge is 0.194 e. The van der Waals surface area contributed by atoms with E-state index in [0.29, 0.717) is 0 Å². The number of benzene rings is 1. The van der Waals surface area contributed by atoms with E-state index < -0.39 is 17.5 Å². The molecule has 0 unspecified atom stereocenters. The van der Waals surface area contributed by atoms with Gasteiger partial charge in [-0.3, -0.25) is 0 Å². The number of hydrogen-bond donors (Lipinski definition) is 1. The highest BCUT2D eigenvalue weighted by Gasteiger charge is 2.10. The molecule has 13 heavy (non-hydrogen) atoms. The third-order valence-electron chi connectivity index (χ3n) is 1.42. The lowest BCUT2D eigenvalue weighted by Crippen LogP contribution is -2.11. The van der Waals surface area contributed by atoms with Gasteiger partial charge in [0.1, 0.15) is 0 Å². The van der Waals surface area contributed by atoms with Crippen LogP contribution in [0.5, 0.6) is 0 Å². The van der Waals surface area contributed by atoms with Gasteiger partial charge in [0.05, 0.1) is 4.99 Å². The Bertz CT molecular complexity index is 328. The minimum absolute atomic E-state index is 0.0590. The summed E-state index contributed by atoms with van der Waals surface area (Å²) >= 11 is 4.54. The first-order valence-electron chi connectivity index (χ1n) is 3.42. The van der Waals surface area contributed by atoms with E-state index in [0.717, 1.165) is 12.1 Å². The van der Waals surface area contributed by atoms with E-state index in [1.54, 1.807) is 0 Å². The van der Waals surface area contributed by atoms with Crippen molar-refractivity contribution >= 4 is 17.2 Å². The van der Waals surface area contributed by atoms with Crippen LogP contribution in [0.3, 0.4) is 0 Å². The maximum atomic E-state index is 12.6. The lowest BCUT2D eigenvalue weighted by Gasteiger charge is -2.01.